The second kappa shape index (κ2) is 9.46. The van der Waals surface area contributed by atoms with Crippen LogP contribution in [-0.4, -0.2) is 36.0 Å². The van der Waals surface area contributed by atoms with Gasteiger partial charge in [0.25, 0.3) is 0 Å². The normalized spacial score (nSPS) is 12.8. The first-order valence-electron chi connectivity index (χ1n) is 7.15. The molecule has 3 heteroatoms. The zero-order valence-corrected chi connectivity index (χ0v) is 12.3. The largest absolute Gasteiger partial charge is 0.342 e. The molecule has 0 aliphatic heterocycles. The lowest BCUT2D eigenvalue weighted by molar-refractivity contribution is -0.132. The number of hydrogen-bond acceptors (Lipinski definition) is 2. The van der Waals surface area contributed by atoms with Gasteiger partial charge >= 0.3 is 0 Å². The summed E-state index contributed by atoms with van der Waals surface area (Å²) in [6.07, 6.45) is 4.65. The van der Waals surface area contributed by atoms with Crippen molar-refractivity contribution in [1.29, 1.82) is 0 Å². The van der Waals surface area contributed by atoms with E-state index in [2.05, 4.69) is 19.2 Å². The Hall–Kier alpha value is -0.570. The number of nitrogens with one attached hydrogen (secondary N) is 1. The molecule has 1 amide bonds. The Morgan fingerprint density at radius 2 is 1.53 bits per heavy atom. The van der Waals surface area contributed by atoms with Gasteiger partial charge in [-0.2, -0.15) is 0 Å². The van der Waals surface area contributed by atoms with Crippen LogP contribution in [0.4, 0.5) is 0 Å². The topological polar surface area (TPSA) is 32.3 Å². The highest BCUT2D eigenvalue weighted by molar-refractivity contribution is 5.81. The third kappa shape index (κ3) is 6.06. The number of nitrogens with zero attached hydrogens (tertiary/aromatic N) is 1. The fourth-order valence-corrected chi connectivity index (χ4v) is 2.24. The molecule has 102 valence electrons. The molecule has 0 aliphatic carbocycles. The maximum Gasteiger partial charge on any atom is 0.239 e. The standard InChI is InChI=1S/C14H30N2O/c1-6-10-13(11-7-2)15-12(5)14(17)16(8-3)9-4/h12-13,15H,6-11H2,1-5H3. The molecule has 0 saturated carbocycles. The number of carbonyl (C=O) groups excluding carboxylic acids is 1. The van der Waals surface area contributed by atoms with Crippen LogP contribution in [0.15, 0.2) is 0 Å². The SMILES string of the molecule is CCCC(CCC)NC(C)C(=O)N(CC)CC. The third-order valence-corrected chi connectivity index (χ3v) is 3.21. The van der Waals surface area contributed by atoms with Crippen LogP contribution in [0.25, 0.3) is 0 Å². The van der Waals surface area contributed by atoms with Crippen molar-refractivity contribution in [3.63, 3.8) is 0 Å². The summed E-state index contributed by atoms with van der Waals surface area (Å²) < 4.78 is 0. The highest BCUT2D eigenvalue weighted by atomic mass is 16.2. The van der Waals surface area contributed by atoms with Crippen LogP contribution in [0.2, 0.25) is 0 Å². The minimum Gasteiger partial charge on any atom is -0.342 e. The molecule has 17 heavy (non-hydrogen) atoms. The van der Waals surface area contributed by atoms with E-state index >= 15 is 0 Å². The summed E-state index contributed by atoms with van der Waals surface area (Å²) in [4.78, 5) is 14.0. The van der Waals surface area contributed by atoms with Crippen LogP contribution in [0, 0.1) is 0 Å². The lowest BCUT2D eigenvalue weighted by atomic mass is 10.1. The summed E-state index contributed by atoms with van der Waals surface area (Å²) in [6.45, 7) is 12.0. The van der Waals surface area contributed by atoms with Crippen LogP contribution in [0.1, 0.15) is 60.3 Å². The van der Waals surface area contributed by atoms with E-state index < -0.39 is 0 Å². The molecule has 0 aromatic heterocycles. The number of likely N-dealkylation sites (N-methyl/N-ethyl adjacent to an activating group) is 1. The molecule has 1 atom stereocenters. The first kappa shape index (κ1) is 16.4. The minimum absolute atomic E-state index is 0.0574. The maximum atomic E-state index is 12.1. The lowest BCUT2D eigenvalue weighted by Gasteiger charge is -2.27. The Morgan fingerprint density at radius 3 is 1.88 bits per heavy atom. The molecular formula is C14H30N2O. The van der Waals surface area contributed by atoms with Gasteiger partial charge in [0.1, 0.15) is 0 Å². The molecule has 0 spiro atoms. The number of hydrogen-bond donors (Lipinski definition) is 1. The van der Waals surface area contributed by atoms with E-state index in [1.165, 1.54) is 12.8 Å². The molecule has 0 fully saturated rings. The van der Waals surface area contributed by atoms with Crippen molar-refractivity contribution in [2.24, 2.45) is 0 Å². The zero-order valence-electron chi connectivity index (χ0n) is 12.3. The summed E-state index contributed by atoms with van der Waals surface area (Å²) in [7, 11) is 0. The summed E-state index contributed by atoms with van der Waals surface area (Å²) in [5.41, 5.74) is 0. The van der Waals surface area contributed by atoms with Gasteiger partial charge in [0, 0.05) is 19.1 Å². The van der Waals surface area contributed by atoms with E-state index in [0.717, 1.165) is 25.9 Å². The van der Waals surface area contributed by atoms with E-state index in [-0.39, 0.29) is 11.9 Å². The van der Waals surface area contributed by atoms with Gasteiger partial charge in [0.2, 0.25) is 5.91 Å². The van der Waals surface area contributed by atoms with Crippen molar-refractivity contribution >= 4 is 5.91 Å². The monoisotopic (exact) mass is 242 g/mol. The molecule has 0 bridgehead atoms. The molecule has 3 nitrogen and oxygen atoms in total. The van der Waals surface area contributed by atoms with Gasteiger partial charge < -0.3 is 10.2 Å². The Labute approximate surface area is 107 Å². The summed E-state index contributed by atoms with van der Waals surface area (Å²) in [5, 5.41) is 3.48. The quantitative estimate of drug-likeness (QED) is 0.674. The molecule has 0 radical (unpaired) electrons. The third-order valence-electron chi connectivity index (χ3n) is 3.21. The maximum absolute atomic E-state index is 12.1. The summed E-state index contributed by atoms with van der Waals surface area (Å²) in [6, 6.07) is 0.428. The van der Waals surface area contributed by atoms with Gasteiger partial charge in [-0.3, -0.25) is 4.79 Å². The van der Waals surface area contributed by atoms with Gasteiger partial charge in [0.15, 0.2) is 0 Å². The Morgan fingerprint density at radius 1 is 1.06 bits per heavy atom. The molecule has 0 aromatic carbocycles. The molecule has 0 heterocycles. The van der Waals surface area contributed by atoms with Crippen LogP contribution < -0.4 is 5.32 Å². The Bertz CT molecular complexity index is 196. The Kier molecular flexibility index (Phi) is 9.14. The van der Waals surface area contributed by atoms with Crippen LogP contribution >= 0.6 is 0 Å². The van der Waals surface area contributed by atoms with Gasteiger partial charge in [-0.05, 0) is 33.6 Å². The molecular weight excluding hydrogens is 212 g/mol. The van der Waals surface area contributed by atoms with E-state index in [1.54, 1.807) is 0 Å². The van der Waals surface area contributed by atoms with Crippen molar-refractivity contribution in [1.82, 2.24) is 10.2 Å². The molecule has 0 aromatic rings. The fraction of sp³-hybridized carbons (Fsp3) is 0.929. The lowest BCUT2D eigenvalue weighted by Crippen LogP contribution is -2.48. The molecule has 0 aliphatic rings. The zero-order chi connectivity index (χ0) is 13.3. The average molecular weight is 242 g/mol. The van der Waals surface area contributed by atoms with E-state index in [9.17, 15) is 4.79 Å². The molecule has 0 saturated heterocycles. The van der Waals surface area contributed by atoms with Gasteiger partial charge in [-0.25, -0.2) is 0 Å². The fourth-order valence-electron chi connectivity index (χ4n) is 2.24. The van der Waals surface area contributed by atoms with Crippen molar-refractivity contribution in [2.75, 3.05) is 13.1 Å². The molecule has 1 unspecified atom stereocenters. The smallest absolute Gasteiger partial charge is 0.239 e. The summed E-state index contributed by atoms with van der Waals surface area (Å²) in [5.74, 6) is 0.229. The van der Waals surface area contributed by atoms with Crippen LogP contribution in [0.3, 0.4) is 0 Å². The highest BCUT2D eigenvalue weighted by Gasteiger charge is 2.20. The van der Waals surface area contributed by atoms with Crippen LogP contribution in [0.5, 0.6) is 0 Å². The summed E-state index contributed by atoms with van der Waals surface area (Å²) >= 11 is 0. The van der Waals surface area contributed by atoms with Crippen molar-refractivity contribution < 1.29 is 4.79 Å². The average Bonchev–Trinajstić information content (AvgIpc) is 2.31. The predicted molar refractivity (Wildman–Crippen MR) is 74.1 cm³/mol. The van der Waals surface area contributed by atoms with Crippen molar-refractivity contribution in [3.8, 4) is 0 Å². The molecule has 0 rings (SSSR count). The Balaban J connectivity index is 4.27. The van der Waals surface area contributed by atoms with E-state index in [4.69, 9.17) is 0 Å². The van der Waals surface area contributed by atoms with E-state index in [0.29, 0.717) is 6.04 Å². The first-order chi connectivity index (χ1) is 8.10. The van der Waals surface area contributed by atoms with Gasteiger partial charge in [-0.1, -0.05) is 26.7 Å². The number of amides is 1. The van der Waals surface area contributed by atoms with Gasteiger partial charge in [0.05, 0.1) is 6.04 Å². The first-order valence-corrected chi connectivity index (χ1v) is 7.15. The van der Waals surface area contributed by atoms with Gasteiger partial charge in [-0.15, -0.1) is 0 Å². The van der Waals surface area contributed by atoms with E-state index in [1.807, 2.05) is 25.7 Å². The highest BCUT2D eigenvalue weighted by Crippen LogP contribution is 2.06. The predicted octanol–water partition coefficient (Wildman–Crippen LogP) is 2.80. The van der Waals surface area contributed by atoms with Crippen molar-refractivity contribution in [3.05, 3.63) is 0 Å². The minimum atomic E-state index is -0.0574. The molecule has 1 N–H and O–H groups in total. The van der Waals surface area contributed by atoms with Crippen molar-refractivity contribution in [2.45, 2.75) is 72.4 Å². The van der Waals surface area contributed by atoms with Crippen LogP contribution in [-0.2, 0) is 4.79 Å². The number of rotatable bonds is 9. The number of carbonyl (C=O) groups is 1. The second-order valence-electron chi connectivity index (χ2n) is 4.67. The second-order valence-corrected chi connectivity index (χ2v) is 4.67.